The molecule has 0 saturated carbocycles. The average molecular weight is 393 g/mol. The van der Waals surface area contributed by atoms with Crippen molar-refractivity contribution in [1.29, 1.82) is 0 Å². The zero-order chi connectivity index (χ0) is 18.8. The van der Waals surface area contributed by atoms with Crippen LogP contribution in [-0.4, -0.2) is 27.1 Å². The molecule has 1 N–H and O–H groups in total. The number of carbonyl (C=O) groups is 1. The Hall–Kier alpha value is -2.12. The van der Waals surface area contributed by atoms with Gasteiger partial charge in [0.05, 0.1) is 12.3 Å². The van der Waals surface area contributed by atoms with Gasteiger partial charge >= 0.3 is 0 Å². The Labute approximate surface area is 161 Å². The predicted octanol–water partition coefficient (Wildman–Crippen LogP) is 4.48. The SMILES string of the molecule is Cc1cc(OCCCC(=O)Nc2nc3sc(C)c(C)n3n2)cc(C)c1Cl. The molecule has 0 spiro atoms. The Kier molecular flexibility index (Phi) is 5.48. The van der Waals surface area contributed by atoms with Gasteiger partial charge in [0.2, 0.25) is 16.8 Å². The molecule has 0 aliphatic rings. The second-order valence-electron chi connectivity index (χ2n) is 6.24. The molecule has 2 aromatic heterocycles. The summed E-state index contributed by atoms with van der Waals surface area (Å²) in [5.41, 5.74) is 3.01. The van der Waals surface area contributed by atoms with Crippen molar-refractivity contribution >= 4 is 39.8 Å². The minimum absolute atomic E-state index is 0.121. The van der Waals surface area contributed by atoms with Crippen LogP contribution >= 0.6 is 22.9 Å². The normalized spacial score (nSPS) is 11.1. The first-order valence-corrected chi connectivity index (χ1v) is 9.56. The number of nitrogens with zero attached hydrogens (tertiary/aromatic N) is 3. The van der Waals surface area contributed by atoms with Gasteiger partial charge in [0.1, 0.15) is 5.75 Å². The van der Waals surface area contributed by atoms with Crippen LogP contribution in [0, 0.1) is 27.7 Å². The van der Waals surface area contributed by atoms with E-state index in [1.165, 1.54) is 4.88 Å². The predicted molar refractivity (Wildman–Crippen MR) is 105 cm³/mol. The van der Waals surface area contributed by atoms with Crippen LogP contribution in [0.4, 0.5) is 5.95 Å². The topological polar surface area (TPSA) is 68.5 Å². The van der Waals surface area contributed by atoms with Gasteiger partial charge in [-0.2, -0.15) is 4.98 Å². The van der Waals surface area contributed by atoms with E-state index >= 15 is 0 Å². The second kappa shape index (κ2) is 7.63. The van der Waals surface area contributed by atoms with Crippen LogP contribution in [-0.2, 0) is 4.79 Å². The zero-order valence-electron chi connectivity index (χ0n) is 15.2. The van der Waals surface area contributed by atoms with Crippen LogP contribution in [0.5, 0.6) is 5.75 Å². The minimum Gasteiger partial charge on any atom is -0.494 e. The molecule has 0 saturated heterocycles. The molecule has 6 nitrogen and oxygen atoms in total. The third-order valence-corrected chi connectivity index (χ3v) is 5.77. The number of anilines is 1. The van der Waals surface area contributed by atoms with E-state index < -0.39 is 0 Å². The van der Waals surface area contributed by atoms with E-state index in [-0.39, 0.29) is 5.91 Å². The number of thiazole rings is 1. The first kappa shape index (κ1) is 18.7. The molecular weight excluding hydrogens is 372 g/mol. The number of hydrogen-bond acceptors (Lipinski definition) is 5. The highest BCUT2D eigenvalue weighted by Gasteiger charge is 2.12. The summed E-state index contributed by atoms with van der Waals surface area (Å²) >= 11 is 7.71. The van der Waals surface area contributed by atoms with Crippen molar-refractivity contribution in [2.45, 2.75) is 40.5 Å². The quantitative estimate of drug-likeness (QED) is 0.628. The summed E-state index contributed by atoms with van der Waals surface area (Å²) in [6.45, 7) is 8.36. The lowest BCUT2D eigenvalue weighted by atomic mass is 10.1. The number of ether oxygens (including phenoxy) is 1. The van der Waals surface area contributed by atoms with Crippen molar-refractivity contribution in [3.05, 3.63) is 38.9 Å². The Morgan fingerprint density at radius 1 is 1.27 bits per heavy atom. The number of amides is 1. The molecule has 26 heavy (non-hydrogen) atoms. The van der Waals surface area contributed by atoms with E-state index in [9.17, 15) is 4.79 Å². The molecular formula is C18H21ClN4O2S. The van der Waals surface area contributed by atoms with E-state index in [1.807, 2.05) is 39.8 Å². The Morgan fingerprint density at radius 3 is 2.62 bits per heavy atom. The Morgan fingerprint density at radius 2 is 1.96 bits per heavy atom. The molecule has 0 radical (unpaired) electrons. The number of nitrogens with one attached hydrogen (secondary N) is 1. The van der Waals surface area contributed by atoms with Crippen molar-refractivity contribution in [1.82, 2.24) is 14.6 Å². The number of benzene rings is 1. The molecule has 0 bridgehead atoms. The van der Waals surface area contributed by atoms with Crippen molar-refractivity contribution in [3.63, 3.8) is 0 Å². The number of hydrogen-bond donors (Lipinski definition) is 1. The van der Waals surface area contributed by atoms with Crippen molar-refractivity contribution in [2.75, 3.05) is 11.9 Å². The highest BCUT2D eigenvalue weighted by Crippen LogP contribution is 2.26. The maximum absolute atomic E-state index is 12.1. The highest BCUT2D eigenvalue weighted by molar-refractivity contribution is 7.17. The number of aryl methyl sites for hydroxylation is 4. The molecule has 1 amide bonds. The van der Waals surface area contributed by atoms with Crippen LogP contribution in [0.15, 0.2) is 12.1 Å². The lowest BCUT2D eigenvalue weighted by Gasteiger charge is -2.09. The summed E-state index contributed by atoms with van der Waals surface area (Å²) in [5, 5.41) is 7.82. The van der Waals surface area contributed by atoms with Gasteiger partial charge in [0, 0.05) is 16.3 Å². The largest absolute Gasteiger partial charge is 0.494 e. The fraction of sp³-hybridized carbons (Fsp3) is 0.389. The number of halogens is 1. The average Bonchev–Trinajstić information content (AvgIpc) is 3.08. The fourth-order valence-corrected chi connectivity index (χ4v) is 3.61. The smallest absolute Gasteiger partial charge is 0.250 e. The maximum Gasteiger partial charge on any atom is 0.250 e. The molecule has 3 rings (SSSR count). The van der Waals surface area contributed by atoms with E-state index in [2.05, 4.69) is 15.4 Å². The Bertz CT molecular complexity index is 941. The lowest BCUT2D eigenvalue weighted by molar-refractivity contribution is -0.116. The summed E-state index contributed by atoms with van der Waals surface area (Å²) in [6, 6.07) is 3.81. The Balaban J connectivity index is 1.48. The third kappa shape index (κ3) is 3.99. The number of rotatable bonds is 6. The van der Waals surface area contributed by atoms with Gasteiger partial charge in [-0.05, 0) is 57.4 Å². The third-order valence-electron chi connectivity index (χ3n) is 4.13. The molecule has 3 aromatic rings. The second-order valence-corrected chi connectivity index (χ2v) is 7.80. The molecule has 2 heterocycles. The van der Waals surface area contributed by atoms with Gasteiger partial charge < -0.3 is 4.74 Å². The van der Waals surface area contributed by atoms with Crippen LogP contribution < -0.4 is 10.1 Å². The van der Waals surface area contributed by atoms with Crippen molar-refractivity contribution in [3.8, 4) is 5.75 Å². The van der Waals surface area contributed by atoms with Crippen LogP contribution in [0.25, 0.3) is 4.96 Å². The first-order chi connectivity index (χ1) is 12.3. The summed E-state index contributed by atoms with van der Waals surface area (Å²) in [6.07, 6.45) is 0.948. The molecule has 0 fully saturated rings. The molecule has 138 valence electrons. The number of fused-ring (bicyclic) bond motifs is 1. The highest BCUT2D eigenvalue weighted by atomic mass is 35.5. The van der Waals surface area contributed by atoms with Gasteiger partial charge in [-0.1, -0.05) is 22.9 Å². The van der Waals surface area contributed by atoms with Crippen molar-refractivity contribution in [2.24, 2.45) is 0 Å². The number of aromatic nitrogens is 3. The van der Waals surface area contributed by atoms with E-state index in [1.54, 1.807) is 15.9 Å². The molecule has 0 atom stereocenters. The van der Waals surface area contributed by atoms with Crippen LogP contribution in [0.1, 0.15) is 34.5 Å². The van der Waals surface area contributed by atoms with E-state index in [0.717, 1.165) is 32.6 Å². The van der Waals surface area contributed by atoms with Gasteiger partial charge in [0.15, 0.2) is 0 Å². The van der Waals surface area contributed by atoms with Gasteiger partial charge in [-0.3, -0.25) is 10.1 Å². The van der Waals surface area contributed by atoms with Crippen LogP contribution in [0.2, 0.25) is 5.02 Å². The van der Waals surface area contributed by atoms with Gasteiger partial charge in [-0.25, -0.2) is 4.52 Å². The summed E-state index contributed by atoms with van der Waals surface area (Å²) < 4.78 is 7.47. The van der Waals surface area contributed by atoms with E-state index in [4.69, 9.17) is 16.3 Å². The van der Waals surface area contributed by atoms with Crippen LogP contribution in [0.3, 0.4) is 0 Å². The summed E-state index contributed by atoms with van der Waals surface area (Å²) in [5.74, 6) is 0.991. The van der Waals surface area contributed by atoms with E-state index in [0.29, 0.717) is 25.4 Å². The first-order valence-electron chi connectivity index (χ1n) is 8.37. The minimum atomic E-state index is -0.121. The summed E-state index contributed by atoms with van der Waals surface area (Å²) in [7, 11) is 0. The molecule has 8 heteroatoms. The molecule has 1 aromatic carbocycles. The summed E-state index contributed by atoms with van der Waals surface area (Å²) in [4.78, 5) is 18.3. The van der Waals surface area contributed by atoms with Crippen molar-refractivity contribution < 1.29 is 9.53 Å². The van der Waals surface area contributed by atoms with Gasteiger partial charge in [-0.15, -0.1) is 5.10 Å². The zero-order valence-corrected chi connectivity index (χ0v) is 16.8. The fourth-order valence-electron chi connectivity index (χ4n) is 2.59. The standard InChI is InChI=1S/C18H21ClN4O2S/c1-10-8-14(9-11(2)16(10)19)25-7-5-6-15(24)20-17-21-18-23(22-17)12(3)13(4)26-18/h8-9H,5-7H2,1-4H3,(H,20,22,24). The monoisotopic (exact) mass is 392 g/mol. The van der Waals surface area contributed by atoms with Gasteiger partial charge in [0.25, 0.3) is 0 Å². The molecule has 0 aliphatic carbocycles. The molecule has 0 unspecified atom stereocenters. The number of carbonyl (C=O) groups excluding carboxylic acids is 1. The lowest BCUT2D eigenvalue weighted by Crippen LogP contribution is -2.14. The maximum atomic E-state index is 12.1. The molecule has 0 aliphatic heterocycles.